The number of likely N-dealkylation sites (tertiary alicyclic amines) is 1. The van der Waals surface area contributed by atoms with Gasteiger partial charge in [-0.25, -0.2) is 8.42 Å². The number of benzene rings is 2. The van der Waals surface area contributed by atoms with Gasteiger partial charge in [-0.05, 0) is 49.2 Å². The zero-order valence-electron chi connectivity index (χ0n) is 16.6. The van der Waals surface area contributed by atoms with E-state index < -0.39 is 16.2 Å². The number of nitrogens with zero attached hydrogens (tertiary/aromatic N) is 1. The highest BCUT2D eigenvalue weighted by atomic mass is 32.2. The fraction of sp³-hybridized carbons (Fsp3) is 0.318. The van der Waals surface area contributed by atoms with Crippen molar-refractivity contribution in [3.05, 3.63) is 66.7 Å². The lowest BCUT2D eigenvalue weighted by atomic mass is 9.94. The van der Waals surface area contributed by atoms with Crippen molar-refractivity contribution in [2.45, 2.75) is 23.9 Å². The summed E-state index contributed by atoms with van der Waals surface area (Å²) in [4.78, 5) is 15.0. The molecule has 4 rings (SSSR count). The van der Waals surface area contributed by atoms with E-state index >= 15 is 0 Å². The number of rotatable bonds is 5. The van der Waals surface area contributed by atoms with Crippen LogP contribution in [-0.4, -0.2) is 45.1 Å². The molecule has 7 nitrogen and oxygen atoms in total. The lowest BCUT2D eigenvalue weighted by Crippen LogP contribution is -2.54. The number of carbonyl (C=O) groups excluding carboxylic acids is 1. The Morgan fingerprint density at radius 2 is 1.97 bits per heavy atom. The standard InChI is InChI=1S/C22H25N3O4S/c1-2-14-29-18-11-9-16(10-12-18)22(26)25-13-5-6-17(15-25)21-23-19-7-3-4-8-20(19)30(27,28)24-21/h2-4,7-12,17,21,23-24H,1,5-6,13-15H2. The number of para-hydroxylation sites is 1. The molecule has 158 valence electrons. The first-order valence-corrected chi connectivity index (χ1v) is 11.5. The predicted octanol–water partition coefficient (Wildman–Crippen LogP) is 2.83. The van der Waals surface area contributed by atoms with Crippen LogP contribution in [0, 0.1) is 5.92 Å². The molecule has 1 fully saturated rings. The molecule has 0 bridgehead atoms. The predicted molar refractivity (Wildman–Crippen MR) is 115 cm³/mol. The Morgan fingerprint density at radius 3 is 2.73 bits per heavy atom. The zero-order valence-corrected chi connectivity index (χ0v) is 17.4. The second-order valence-electron chi connectivity index (χ2n) is 7.52. The Hall–Kier alpha value is -2.84. The third kappa shape index (κ3) is 4.20. The molecule has 1 amide bonds. The van der Waals surface area contributed by atoms with Gasteiger partial charge in [-0.3, -0.25) is 4.79 Å². The fourth-order valence-corrected chi connectivity index (χ4v) is 5.35. The van der Waals surface area contributed by atoms with E-state index in [1.165, 1.54) is 0 Å². The highest BCUT2D eigenvalue weighted by Gasteiger charge is 2.36. The first-order chi connectivity index (χ1) is 14.5. The quantitative estimate of drug-likeness (QED) is 0.717. The lowest BCUT2D eigenvalue weighted by Gasteiger charge is -2.39. The van der Waals surface area contributed by atoms with Crippen LogP contribution in [0.5, 0.6) is 5.75 Å². The summed E-state index contributed by atoms with van der Waals surface area (Å²) in [6, 6.07) is 13.9. The van der Waals surface area contributed by atoms with Crippen molar-refractivity contribution < 1.29 is 17.9 Å². The van der Waals surface area contributed by atoms with Gasteiger partial charge in [0.15, 0.2) is 0 Å². The van der Waals surface area contributed by atoms with Crippen LogP contribution in [0.3, 0.4) is 0 Å². The van der Waals surface area contributed by atoms with Gasteiger partial charge in [0.05, 0.1) is 11.9 Å². The van der Waals surface area contributed by atoms with Crippen molar-refractivity contribution in [2.24, 2.45) is 5.92 Å². The minimum Gasteiger partial charge on any atom is -0.490 e. The molecular weight excluding hydrogens is 402 g/mol. The summed E-state index contributed by atoms with van der Waals surface area (Å²) in [5.41, 5.74) is 1.18. The number of carbonyl (C=O) groups is 1. The molecule has 0 radical (unpaired) electrons. The van der Waals surface area contributed by atoms with Crippen molar-refractivity contribution in [1.82, 2.24) is 9.62 Å². The summed E-state index contributed by atoms with van der Waals surface area (Å²) in [6.45, 7) is 5.16. The molecule has 30 heavy (non-hydrogen) atoms. The maximum Gasteiger partial charge on any atom is 0.253 e. The number of sulfonamides is 1. The SMILES string of the molecule is C=CCOc1ccc(C(=O)N2CCCC(C3Nc4ccccc4S(=O)(=O)N3)C2)cc1. The highest BCUT2D eigenvalue weighted by Crippen LogP contribution is 2.30. The Bertz CT molecular complexity index is 1040. The average molecular weight is 428 g/mol. The second-order valence-corrected chi connectivity index (χ2v) is 9.20. The van der Waals surface area contributed by atoms with E-state index in [0.717, 1.165) is 12.8 Å². The summed E-state index contributed by atoms with van der Waals surface area (Å²) < 4.78 is 33.4. The number of anilines is 1. The molecule has 2 unspecified atom stereocenters. The summed E-state index contributed by atoms with van der Waals surface area (Å²) >= 11 is 0. The van der Waals surface area contributed by atoms with Crippen molar-refractivity contribution in [3.63, 3.8) is 0 Å². The van der Waals surface area contributed by atoms with E-state index in [1.807, 2.05) is 6.07 Å². The summed E-state index contributed by atoms with van der Waals surface area (Å²) in [6.07, 6.45) is 2.87. The molecule has 2 aromatic carbocycles. The summed E-state index contributed by atoms with van der Waals surface area (Å²) in [7, 11) is -3.58. The third-order valence-electron chi connectivity index (χ3n) is 5.46. The first-order valence-electron chi connectivity index (χ1n) is 9.99. The molecule has 0 saturated carbocycles. The Kier molecular flexibility index (Phi) is 5.78. The van der Waals surface area contributed by atoms with E-state index in [1.54, 1.807) is 53.4 Å². The van der Waals surface area contributed by atoms with Crippen LogP contribution in [0.2, 0.25) is 0 Å². The van der Waals surface area contributed by atoms with E-state index in [4.69, 9.17) is 4.74 Å². The number of hydrogen-bond acceptors (Lipinski definition) is 5. The van der Waals surface area contributed by atoms with Crippen LogP contribution in [0.25, 0.3) is 0 Å². The number of fused-ring (bicyclic) bond motifs is 1. The number of ether oxygens (including phenoxy) is 1. The largest absolute Gasteiger partial charge is 0.490 e. The van der Waals surface area contributed by atoms with E-state index in [9.17, 15) is 13.2 Å². The summed E-state index contributed by atoms with van der Waals surface area (Å²) in [5, 5.41) is 3.30. The van der Waals surface area contributed by atoms with Crippen LogP contribution < -0.4 is 14.8 Å². The van der Waals surface area contributed by atoms with E-state index in [2.05, 4.69) is 16.6 Å². The van der Waals surface area contributed by atoms with Gasteiger partial charge in [-0.1, -0.05) is 24.8 Å². The highest BCUT2D eigenvalue weighted by molar-refractivity contribution is 7.89. The molecule has 2 aromatic rings. The molecule has 2 aliphatic rings. The summed E-state index contributed by atoms with van der Waals surface area (Å²) in [5.74, 6) is 0.595. The van der Waals surface area contributed by atoms with E-state index in [-0.39, 0.29) is 16.7 Å². The molecule has 8 heteroatoms. The average Bonchev–Trinajstić information content (AvgIpc) is 2.77. The second kappa shape index (κ2) is 8.49. The zero-order chi connectivity index (χ0) is 21.1. The molecule has 2 heterocycles. The maximum absolute atomic E-state index is 13.0. The van der Waals surface area contributed by atoms with Gasteiger partial charge in [0.1, 0.15) is 17.3 Å². The van der Waals surface area contributed by atoms with Crippen molar-refractivity contribution in [2.75, 3.05) is 25.0 Å². The maximum atomic E-state index is 13.0. The van der Waals surface area contributed by atoms with Crippen LogP contribution in [-0.2, 0) is 10.0 Å². The molecule has 0 aliphatic carbocycles. The van der Waals surface area contributed by atoms with E-state index in [0.29, 0.717) is 36.7 Å². The van der Waals surface area contributed by atoms with Crippen LogP contribution in [0.1, 0.15) is 23.2 Å². The van der Waals surface area contributed by atoms with Gasteiger partial charge in [-0.15, -0.1) is 0 Å². The van der Waals surface area contributed by atoms with Crippen LogP contribution >= 0.6 is 0 Å². The van der Waals surface area contributed by atoms with Gasteiger partial charge in [0.25, 0.3) is 5.91 Å². The third-order valence-corrected chi connectivity index (χ3v) is 6.95. The first kappa shape index (κ1) is 20.4. The van der Waals surface area contributed by atoms with Crippen molar-refractivity contribution in [1.29, 1.82) is 0 Å². The topological polar surface area (TPSA) is 87.7 Å². The molecule has 2 aliphatic heterocycles. The number of nitrogens with one attached hydrogen (secondary N) is 2. The molecule has 1 saturated heterocycles. The molecular formula is C22H25N3O4S. The van der Waals surface area contributed by atoms with Gasteiger partial charge in [0.2, 0.25) is 10.0 Å². The van der Waals surface area contributed by atoms with Crippen LogP contribution in [0.4, 0.5) is 5.69 Å². The molecule has 0 spiro atoms. The fourth-order valence-electron chi connectivity index (χ4n) is 3.96. The van der Waals surface area contributed by atoms with Crippen LogP contribution in [0.15, 0.2) is 66.1 Å². The number of piperidine rings is 1. The Labute approximate surface area is 176 Å². The van der Waals surface area contributed by atoms with Crippen molar-refractivity contribution >= 4 is 21.6 Å². The van der Waals surface area contributed by atoms with Gasteiger partial charge >= 0.3 is 0 Å². The minimum absolute atomic E-state index is 0.0268. The van der Waals surface area contributed by atoms with Gasteiger partial charge in [-0.2, -0.15) is 4.72 Å². The molecule has 0 aromatic heterocycles. The number of hydrogen-bond donors (Lipinski definition) is 2. The Balaban J connectivity index is 1.46. The lowest BCUT2D eigenvalue weighted by molar-refractivity contribution is 0.0658. The molecule has 2 atom stereocenters. The smallest absolute Gasteiger partial charge is 0.253 e. The Morgan fingerprint density at radius 1 is 1.20 bits per heavy atom. The normalized spacial score (nSPS) is 22.5. The van der Waals surface area contributed by atoms with Gasteiger partial charge in [0, 0.05) is 24.6 Å². The monoisotopic (exact) mass is 427 g/mol. The minimum atomic E-state index is -3.58. The molecule has 2 N–H and O–H groups in total. The number of amides is 1. The van der Waals surface area contributed by atoms with Crippen molar-refractivity contribution in [3.8, 4) is 5.75 Å². The van der Waals surface area contributed by atoms with Gasteiger partial charge < -0.3 is 15.0 Å².